The third-order valence-electron chi connectivity index (χ3n) is 3.80. The topological polar surface area (TPSA) is 94.9 Å². The maximum absolute atomic E-state index is 12.9. The molecule has 2 heterocycles. The van der Waals surface area contributed by atoms with Crippen molar-refractivity contribution in [3.05, 3.63) is 59.2 Å². The molecule has 2 aromatic heterocycles. The molecule has 2 rings (SSSR count). The molecule has 4 N–H and O–H groups in total. The summed E-state index contributed by atoms with van der Waals surface area (Å²) in [5.41, 5.74) is 15.2. The molecule has 0 radical (unpaired) electrons. The van der Waals surface area contributed by atoms with E-state index in [1.54, 1.807) is 12.4 Å². The standard InChI is InChI=1S/C17H22N4O/c1-11-7-13(3-5-20-11)15(9-18)17(22)16(10-19)14-4-6-21-12(2)8-14/h3-8,15-16H,9-10,18-19H2,1-2H3. The van der Waals surface area contributed by atoms with Gasteiger partial charge in [-0.1, -0.05) is 0 Å². The third kappa shape index (κ3) is 3.55. The molecule has 0 amide bonds. The molecule has 0 bridgehead atoms. The number of hydrogen-bond donors (Lipinski definition) is 2. The second-order valence-electron chi connectivity index (χ2n) is 5.44. The number of nitrogens with zero attached hydrogens (tertiary/aromatic N) is 2. The van der Waals surface area contributed by atoms with Gasteiger partial charge in [-0.05, 0) is 49.2 Å². The Balaban J connectivity index is 2.33. The summed E-state index contributed by atoms with van der Waals surface area (Å²) in [6.45, 7) is 4.30. The Labute approximate surface area is 130 Å². The molecule has 5 nitrogen and oxygen atoms in total. The predicted octanol–water partition coefficient (Wildman–Crippen LogP) is 1.45. The summed E-state index contributed by atoms with van der Waals surface area (Å²) < 4.78 is 0. The van der Waals surface area contributed by atoms with Gasteiger partial charge in [-0.3, -0.25) is 14.8 Å². The van der Waals surface area contributed by atoms with E-state index in [-0.39, 0.29) is 30.7 Å². The number of rotatable bonds is 6. The van der Waals surface area contributed by atoms with Crippen molar-refractivity contribution in [1.29, 1.82) is 0 Å². The first kappa shape index (κ1) is 16.3. The molecule has 116 valence electrons. The first-order valence-electron chi connectivity index (χ1n) is 7.35. The lowest BCUT2D eigenvalue weighted by atomic mass is 9.84. The van der Waals surface area contributed by atoms with Crippen LogP contribution in [0.4, 0.5) is 0 Å². The maximum Gasteiger partial charge on any atom is 0.150 e. The number of carbonyl (C=O) groups is 1. The highest BCUT2D eigenvalue weighted by Gasteiger charge is 2.28. The fourth-order valence-electron chi connectivity index (χ4n) is 2.64. The van der Waals surface area contributed by atoms with E-state index in [9.17, 15) is 4.79 Å². The van der Waals surface area contributed by atoms with Crippen LogP contribution in [-0.4, -0.2) is 28.8 Å². The first-order chi connectivity index (χ1) is 10.6. The fourth-order valence-corrected chi connectivity index (χ4v) is 2.64. The van der Waals surface area contributed by atoms with E-state index in [0.29, 0.717) is 0 Å². The molecule has 0 saturated heterocycles. The van der Waals surface area contributed by atoms with Crippen LogP contribution in [0.25, 0.3) is 0 Å². The molecule has 0 fully saturated rings. The number of carbonyl (C=O) groups excluding carboxylic acids is 1. The molecular formula is C17H22N4O. The van der Waals surface area contributed by atoms with Crippen molar-refractivity contribution in [3.8, 4) is 0 Å². The van der Waals surface area contributed by atoms with Gasteiger partial charge in [-0.15, -0.1) is 0 Å². The average Bonchev–Trinajstić information content (AvgIpc) is 2.49. The van der Waals surface area contributed by atoms with Gasteiger partial charge in [-0.25, -0.2) is 0 Å². The van der Waals surface area contributed by atoms with Crippen LogP contribution in [0.3, 0.4) is 0 Å². The van der Waals surface area contributed by atoms with Crippen LogP contribution < -0.4 is 11.5 Å². The lowest BCUT2D eigenvalue weighted by Crippen LogP contribution is -2.31. The summed E-state index contributed by atoms with van der Waals surface area (Å²) in [5.74, 6) is -0.700. The van der Waals surface area contributed by atoms with E-state index in [4.69, 9.17) is 11.5 Å². The summed E-state index contributed by atoms with van der Waals surface area (Å²) in [5, 5.41) is 0. The van der Waals surface area contributed by atoms with Crippen molar-refractivity contribution in [2.45, 2.75) is 25.7 Å². The zero-order chi connectivity index (χ0) is 16.1. The van der Waals surface area contributed by atoms with Gasteiger partial charge in [0.2, 0.25) is 0 Å². The first-order valence-corrected chi connectivity index (χ1v) is 7.35. The van der Waals surface area contributed by atoms with Gasteiger partial charge in [0, 0.05) is 36.9 Å². The highest BCUT2D eigenvalue weighted by Crippen LogP contribution is 2.26. The largest absolute Gasteiger partial charge is 0.329 e. The highest BCUT2D eigenvalue weighted by molar-refractivity contribution is 5.92. The van der Waals surface area contributed by atoms with Gasteiger partial charge < -0.3 is 11.5 Å². The number of Topliss-reactive ketones (excluding diaryl/α,β-unsaturated/α-hetero) is 1. The molecule has 0 aliphatic heterocycles. The summed E-state index contributed by atoms with van der Waals surface area (Å²) in [4.78, 5) is 21.3. The summed E-state index contributed by atoms with van der Waals surface area (Å²) in [7, 11) is 0. The van der Waals surface area contributed by atoms with Crippen molar-refractivity contribution in [3.63, 3.8) is 0 Å². The monoisotopic (exact) mass is 298 g/mol. The number of ketones is 1. The quantitative estimate of drug-likeness (QED) is 0.841. The SMILES string of the molecule is Cc1cc(C(CN)C(=O)C(CN)c2ccnc(C)c2)ccn1. The molecule has 5 heteroatoms. The molecule has 0 saturated carbocycles. The average molecular weight is 298 g/mol. The van der Waals surface area contributed by atoms with Crippen LogP contribution in [0.2, 0.25) is 0 Å². The summed E-state index contributed by atoms with van der Waals surface area (Å²) in [6.07, 6.45) is 3.41. The van der Waals surface area contributed by atoms with E-state index in [1.807, 2.05) is 38.1 Å². The summed E-state index contributed by atoms with van der Waals surface area (Å²) in [6, 6.07) is 7.49. The minimum atomic E-state index is -0.372. The van der Waals surface area contributed by atoms with Gasteiger partial charge in [0.1, 0.15) is 5.78 Å². The van der Waals surface area contributed by atoms with Crippen LogP contribution in [0.15, 0.2) is 36.7 Å². The Bertz CT molecular complexity index is 601. The van der Waals surface area contributed by atoms with Gasteiger partial charge in [-0.2, -0.15) is 0 Å². The van der Waals surface area contributed by atoms with Crippen molar-refractivity contribution in [2.75, 3.05) is 13.1 Å². The van der Waals surface area contributed by atoms with Crippen molar-refractivity contribution < 1.29 is 4.79 Å². The number of aromatic nitrogens is 2. The van der Waals surface area contributed by atoms with Gasteiger partial charge in [0.25, 0.3) is 0 Å². The Morgan fingerprint density at radius 1 is 0.955 bits per heavy atom. The van der Waals surface area contributed by atoms with E-state index >= 15 is 0 Å². The molecule has 22 heavy (non-hydrogen) atoms. The minimum Gasteiger partial charge on any atom is -0.329 e. The van der Waals surface area contributed by atoms with E-state index in [0.717, 1.165) is 22.5 Å². The molecular weight excluding hydrogens is 276 g/mol. The molecule has 0 spiro atoms. The zero-order valence-electron chi connectivity index (χ0n) is 13.0. The van der Waals surface area contributed by atoms with Crippen LogP contribution >= 0.6 is 0 Å². The van der Waals surface area contributed by atoms with Gasteiger partial charge in [0.15, 0.2) is 0 Å². The minimum absolute atomic E-state index is 0.0428. The Morgan fingerprint density at radius 2 is 1.36 bits per heavy atom. The highest BCUT2D eigenvalue weighted by atomic mass is 16.1. The molecule has 2 atom stereocenters. The Hall–Kier alpha value is -2.11. The maximum atomic E-state index is 12.9. The lowest BCUT2D eigenvalue weighted by Gasteiger charge is -2.21. The Morgan fingerprint density at radius 3 is 1.68 bits per heavy atom. The lowest BCUT2D eigenvalue weighted by molar-refractivity contribution is -0.121. The predicted molar refractivity (Wildman–Crippen MR) is 86.5 cm³/mol. The van der Waals surface area contributed by atoms with Crippen molar-refractivity contribution >= 4 is 5.78 Å². The molecule has 0 aliphatic rings. The summed E-state index contributed by atoms with van der Waals surface area (Å²) >= 11 is 0. The normalized spacial score (nSPS) is 13.6. The van der Waals surface area contributed by atoms with E-state index in [1.165, 1.54) is 0 Å². The van der Waals surface area contributed by atoms with Crippen LogP contribution in [0.5, 0.6) is 0 Å². The van der Waals surface area contributed by atoms with E-state index < -0.39 is 0 Å². The van der Waals surface area contributed by atoms with Crippen LogP contribution in [-0.2, 0) is 4.79 Å². The number of hydrogen-bond acceptors (Lipinski definition) is 5. The number of nitrogens with two attached hydrogens (primary N) is 2. The molecule has 0 aliphatic carbocycles. The second-order valence-corrected chi connectivity index (χ2v) is 5.44. The molecule has 2 unspecified atom stereocenters. The molecule has 0 aromatic carbocycles. The third-order valence-corrected chi connectivity index (χ3v) is 3.80. The zero-order valence-corrected chi connectivity index (χ0v) is 13.0. The number of pyridine rings is 2. The van der Waals surface area contributed by atoms with E-state index in [2.05, 4.69) is 9.97 Å². The van der Waals surface area contributed by atoms with Crippen molar-refractivity contribution in [2.24, 2.45) is 11.5 Å². The second kappa shape index (κ2) is 7.24. The Kier molecular flexibility index (Phi) is 5.35. The van der Waals surface area contributed by atoms with Crippen LogP contribution in [0, 0.1) is 13.8 Å². The van der Waals surface area contributed by atoms with Crippen molar-refractivity contribution in [1.82, 2.24) is 9.97 Å². The number of aryl methyl sites for hydroxylation is 2. The smallest absolute Gasteiger partial charge is 0.150 e. The van der Waals surface area contributed by atoms with Crippen LogP contribution in [0.1, 0.15) is 34.4 Å². The molecule has 2 aromatic rings. The fraction of sp³-hybridized carbons (Fsp3) is 0.353. The van der Waals surface area contributed by atoms with Gasteiger partial charge >= 0.3 is 0 Å². The van der Waals surface area contributed by atoms with Gasteiger partial charge in [0.05, 0.1) is 11.8 Å².